The molecule has 0 bridgehead atoms. The first-order chi connectivity index (χ1) is 6.24. The van der Waals surface area contributed by atoms with Crippen molar-refractivity contribution in [2.24, 2.45) is 5.92 Å². The first-order valence-corrected chi connectivity index (χ1v) is 5.65. The van der Waals surface area contributed by atoms with Gasteiger partial charge < -0.3 is 10.2 Å². The number of hydrogen-bond acceptors (Lipinski definition) is 2. The Labute approximate surface area is 82.7 Å². The van der Waals surface area contributed by atoms with Crippen LogP contribution in [-0.4, -0.2) is 37.6 Å². The van der Waals surface area contributed by atoms with Crippen LogP contribution in [0.5, 0.6) is 0 Å². The minimum atomic E-state index is 0.825. The summed E-state index contributed by atoms with van der Waals surface area (Å²) in [5, 5.41) is 3.51. The van der Waals surface area contributed by atoms with Gasteiger partial charge in [0, 0.05) is 19.1 Å². The van der Waals surface area contributed by atoms with E-state index in [0.29, 0.717) is 0 Å². The Morgan fingerprint density at radius 1 is 1.46 bits per heavy atom. The van der Waals surface area contributed by atoms with E-state index in [1.807, 2.05) is 0 Å². The van der Waals surface area contributed by atoms with Crippen LogP contribution < -0.4 is 5.32 Å². The van der Waals surface area contributed by atoms with Crippen molar-refractivity contribution in [3.05, 3.63) is 0 Å². The molecule has 0 aliphatic heterocycles. The zero-order chi connectivity index (χ0) is 9.68. The average Bonchev–Trinajstić information content (AvgIpc) is 2.94. The number of rotatable bonds is 7. The van der Waals surface area contributed by atoms with Gasteiger partial charge in [0.2, 0.25) is 0 Å². The molecular weight excluding hydrogens is 160 g/mol. The van der Waals surface area contributed by atoms with Gasteiger partial charge in [-0.05, 0) is 32.4 Å². The largest absolute Gasteiger partial charge is 0.315 e. The number of hydrogen-bond donors (Lipinski definition) is 1. The van der Waals surface area contributed by atoms with Crippen LogP contribution in [0.25, 0.3) is 0 Å². The third-order valence-electron chi connectivity index (χ3n) is 3.00. The van der Waals surface area contributed by atoms with Crippen LogP contribution in [0, 0.1) is 5.92 Å². The zero-order valence-corrected chi connectivity index (χ0v) is 9.34. The number of nitrogens with zero attached hydrogens (tertiary/aromatic N) is 1. The summed E-state index contributed by atoms with van der Waals surface area (Å²) in [6.45, 7) is 8.09. The lowest BCUT2D eigenvalue weighted by atomic mass is 10.1. The molecular formula is C11H24N2. The number of likely N-dealkylation sites (N-methyl/N-ethyl adjacent to an activating group) is 1. The van der Waals surface area contributed by atoms with Gasteiger partial charge in [-0.15, -0.1) is 0 Å². The summed E-state index contributed by atoms with van der Waals surface area (Å²) in [4.78, 5) is 2.48. The molecule has 1 aliphatic carbocycles. The highest BCUT2D eigenvalue weighted by Gasteiger charge is 2.25. The topological polar surface area (TPSA) is 15.3 Å². The molecule has 1 saturated carbocycles. The summed E-state index contributed by atoms with van der Waals surface area (Å²) in [5.41, 5.74) is 0. The van der Waals surface area contributed by atoms with Gasteiger partial charge in [-0.25, -0.2) is 0 Å². The highest BCUT2D eigenvalue weighted by molar-refractivity contribution is 4.82. The normalized spacial score (nSPS) is 19.4. The van der Waals surface area contributed by atoms with E-state index in [9.17, 15) is 0 Å². The second kappa shape index (κ2) is 5.61. The summed E-state index contributed by atoms with van der Waals surface area (Å²) in [6.07, 6.45) is 4.12. The Bertz CT molecular complexity index is 132. The van der Waals surface area contributed by atoms with E-state index >= 15 is 0 Å². The highest BCUT2D eigenvalue weighted by atomic mass is 15.2. The first kappa shape index (κ1) is 11.0. The predicted octanol–water partition coefficient (Wildman–Crippen LogP) is 1.72. The molecule has 0 saturated heterocycles. The molecule has 0 aromatic carbocycles. The Hall–Kier alpha value is -0.0800. The molecule has 1 unspecified atom stereocenters. The van der Waals surface area contributed by atoms with Crippen molar-refractivity contribution in [2.75, 3.05) is 26.7 Å². The van der Waals surface area contributed by atoms with Gasteiger partial charge in [0.1, 0.15) is 0 Å². The molecule has 1 fully saturated rings. The lowest BCUT2D eigenvalue weighted by Crippen LogP contribution is -2.32. The average molecular weight is 184 g/mol. The molecule has 2 nitrogen and oxygen atoms in total. The van der Waals surface area contributed by atoms with Crippen molar-refractivity contribution in [3.8, 4) is 0 Å². The zero-order valence-electron chi connectivity index (χ0n) is 9.34. The molecule has 0 spiro atoms. The molecule has 1 rings (SSSR count). The van der Waals surface area contributed by atoms with Crippen LogP contribution in [0.4, 0.5) is 0 Å². The van der Waals surface area contributed by atoms with Crippen LogP contribution in [-0.2, 0) is 0 Å². The molecule has 2 heteroatoms. The lowest BCUT2D eigenvalue weighted by Gasteiger charge is -2.16. The summed E-state index contributed by atoms with van der Waals surface area (Å²) in [7, 11) is 2.24. The highest BCUT2D eigenvalue weighted by Crippen LogP contribution is 2.24. The fourth-order valence-electron chi connectivity index (χ4n) is 1.45. The maximum absolute atomic E-state index is 3.51. The van der Waals surface area contributed by atoms with Crippen molar-refractivity contribution in [1.82, 2.24) is 10.2 Å². The maximum atomic E-state index is 3.51. The molecule has 1 N–H and O–H groups in total. The van der Waals surface area contributed by atoms with Crippen LogP contribution in [0.1, 0.15) is 33.1 Å². The standard InChI is InChI=1S/C11H24N2/c1-4-10(2)9-12-7-8-13(3)11-5-6-11/h10-12H,4-9H2,1-3H3. The SMILES string of the molecule is CCC(C)CNCCN(C)C1CC1. The predicted molar refractivity (Wildman–Crippen MR) is 58.0 cm³/mol. The first-order valence-electron chi connectivity index (χ1n) is 5.65. The Morgan fingerprint density at radius 3 is 2.69 bits per heavy atom. The van der Waals surface area contributed by atoms with Gasteiger partial charge in [-0.2, -0.15) is 0 Å². The summed E-state index contributed by atoms with van der Waals surface area (Å²) in [5.74, 6) is 0.825. The second-order valence-electron chi connectivity index (χ2n) is 4.43. The molecule has 13 heavy (non-hydrogen) atoms. The fourth-order valence-corrected chi connectivity index (χ4v) is 1.45. The van der Waals surface area contributed by atoms with Gasteiger partial charge in [0.05, 0.1) is 0 Å². The maximum Gasteiger partial charge on any atom is 0.0107 e. The van der Waals surface area contributed by atoms with Crippen molar-refractivity contribution < 1.29 is 0 Å². The smallest absolute Gasteiger partial charge is 0.0107 e. The third-order valence-corrected chi connectivity index (χ3v) is 3.00. The Morgan fingerprint density at radius 2 is 2.15 bits per heavy atom. The molecule has 1 atom stereocenters. The number of nitrogens with one attached hydrogen (secondary N) is 1. The lowest BCUT2D eigenvalue weighted by molar-refractivity contribution is 0.318. The van der Waals surface area contributed by atoms with E-state index in [1.54, 1.807) is 0 Å². The molecule has 1 aliphatic rings. The molecule has 0 heterocycles. The summed E-state index contributed by atoms with van der Waals surface area (Å²) < 4.78 is 0. The molecule has 0 aromatic heterocycles. The van der Waals surface area contributed by atoms with Gasteiger partial charge in [-0.1, -0.05) is 20.3 Å². The van der Waals surface area contributed by atoms with Crippen molar-refractivity contribution in [3.63, 3.8) is 0 Å². The Kier molecular flexibility index (Phi) is 4.74. The third kappa shape index (κ3) is 4.63. The summed E-state index contributed by atoms with van der Waals surface area (Å²) >= 11 is 0. The monoisotopic (exact) mass is 184 g/mol. The van der Waals surface area contributed by atoms with Crippen LogP contribution >= 0.6 is 0 Å². The molecule has 0 amide bonds. The van der Waals surface area contributed by atoms with Crippen LogP contribution in [0.15, 0.2) is 0 Å². The Balaban J connectivity index is 1.88. The molecule has 78 valence electrons. The van der Waals surface area contributed by atoms with Crippen LogP contribution in [0.3, 0.4) is 0 Å². The quantitative estimate of drug-likeness (QED) is 0.606. The van der Waals surface area contributed by atoms with Crippen molar-refractivity contribution in [2.45, 2.75) is 39.2 Å². The van der Waals surface area contributed by atoms with Gasteiger partial charge in [0.25, 0.3) is 0 Å². The summed E-state index contributed by atoms with van der Waals surface area (Å²) in [6, 6.07) is 0.908. The van der Waals surface area contributed by atoms with Gasteiger partial charge in [-0.3, -0.25) is 0 Å². The van der Waals surface area contributed by atoms with Crippen LogP contribution in [0.2, 0.25) is 0 Å². The van der Waals surface area contributed by atoms with Gasteiger partial charge >= 0.3 is 0 Å². The van der Waals surface area contributed by atoms with E-state index in [4.69, 9.17) is 0 Å². The molecule has 0 aromatic rings. The van der Waals surface area contributed by atoms with Crippen molar-refractivity contribution in [1.29, 1.82) is 0 Å². The second-order valence-corrected chi connectivity index (χ2v) is 4.43. The van der Waals surface area contributed by atoms with E-state index in [1.165, 1.54) is 32.4 Å². The van der Waals surface area contributed by atoms with Gasteiger partial charge in [0.15, 0.2) is 0 Å². The fraction of sp³-hybridized carbons (Fsp3) is 1.00. The van der Waals surface area contributed by atoms with E-state index < -0.39 is 0 Å². The minimum absolute atomic E-state index is 0.825. The van der Waals surface area contributed by atoms with E-state index in [2.05, 4.69) is 31.1 Å². The van der Waals surface area contributed by atoms with E-state index in [0.717, 1.165) is 18.5 Å². The minimum Gasteiger partial charge on any atom is -0.315 e. The van der Waals surface area contributed by atoms with Crippen molar-refractivity contribution >= 4 is 0 Å². The van der Waals surface area contributed by atoms with E-state index in [-0.39, 0.29) is 0 Å². The molecule has 0 radical (unpaired) electrons.